The molecule has 0 aromatic heterocycles. The molecule has 2 rings (SSSR count). The summed E-state index contributed by atoms with van der Waals surface area (Å²) in [4.78, 5) is 21.7. The number of rotatable bonds is 11. The summed E-state index contributed by atoms with van der Waals surface area (Å²) >= 11 is 0. The summed E-state index contributed by atoms with van der Waals surface area (Å²) in [6, 6.07) is 7.97. The molecular weight excluding hydrogens is 399 g/mol. The van der Waals surface area contributed by atoms with Gasteiger partial charge >= 0.3 is 18.1 Å². The Morgan fingerprint density at radius 2 is 1.87 bits per heavy atom. The van der Waals surface area contributed by atoms with Crippen LogP contribution in [0, 0.1) is 5.92 Å². The maximum atomic E-state index is 12.0. The van der Waals surface area contributed by atoms with Crippen molar-refractivity contribution in [3.05, 3.63) is 29.8 Å². The molecule has 8 heteroatoms. The summed E-state index contributed by atoms with van der Waals surface area (Å²) in [5.41, 5.74) is 1.14. The molecular formula is C22H30F3NO4. The fourth-order valence-electron chi connectivity index (χ4n) is 3.56. The predicted molar refractivity (Wildman–Crippen MR) is 106 cm³/mol. The van der Waals surface area contributed by atoms with Gasteiger partial charge in [-0.2, -0.15) is 13.2 Å². The molecule has 0 saturated heterocycles. The van der Waals surface area contributed by atoms with Gasteiger partial charge in [-0.05, 0) is 49.4 Å². The van der Waals surface area contributed by atoms with Gasteiger partial charge in [0.25, 0.3) is 0 Å². The van der Waals surface area contributed by atoms with Crippen molar-refractivity contribution in [1.82, 2.24) is 5.32 Å². The normalized spacial score (nSPS) is 15.0. The lowest BCUT2D eigenvalue weighted by Crippen LogP contribution is -2.29. The molecule has 1 aliphatic rings. The molecule has 1 aromatic carbocycles. The molecule has 0 spiro atoms. The van der Waals surface area contributed by atoms with Crippen LogP contribution in [0.5, 0.6) is 5.75 Å². The highest BCUT2D eigenvalue weighted by molar-refractivity contribution is 5.88. The van der Waals surface area contributed by atoms with Crippen molar-refractivity contribution < 1.29 is 32.2 Å². The lowest BCUT2D eigenvalue weighted by molar-refractivity contribution is -0.201. The quantitative estimate of drug-likeness (QED) is 0.317. The molecule has 5 nitrogen and oxygen atoms in total. The van der Waals surface area contributed by atoms with Crippen LogP contribution in [-0.2, 0) is 20.7 Å². The third-order valence-electron chi connectivity index (χ3n) is 5.18. The van der Waals surface area contributed by atoms with E-state index in [2.05, 4.69) is 10.1 Å². The van der Waals surface area contributed by atoms with E-state index in [1.165, 1.54) is 32.1 Å². The van der Waals surface area contributed by atoms with Crippen LogP contribution >= 0.6 is 0 Å². The number of hydrogen-bond donors (Lipinski definition) is 1. The zero-order chi connectivity index (χ0) is 21.8. The van der Waals surface area contributed by atoms with Gasteiger partial charge < -0.3 is 14.8 Å². The highest BCUT2D eigenvalue weighted by Crippen LogP contribution is 2.26. The van der Waals surface area contributed by atoms with Gasteiger partial charge in [0.15, 0.2) is 0 Å². The number of benzene rings is 1. The lowest BCUT2D eigenvalue weighted by atomic mass is 9.87. The number of aryl methyl sites for hydroxylation is 1. The first-order valence-electron chi connectivity index (χ1n) is 10.6. The minimum atomic E-state index is -5.16. The summed E-state index contributed by atoms with van der Waals surface area (Å²) in [7, 11) is 0. The van der Waals surface area contributed by atoms with Gasteiger partial charge in [0.05, 0.1) is 13.0 Å². The van der Waals surface area contributed by atoms with Gasteiger partial charge in [-0.1, -0.05) is 44.2 Å². The Labute approximate surface area is 175 Å². The van der Waals surface area contributed by atoms with Crippen molar-refractivity contribution in [2.45, 2.75) is 64.0 Å². The SMILES string of the molecule is O=C(CCNCCCc1cccc(OCCC2CCCCC2)c1)OC(=O)C(F)(F)F. The smallest absolute Gasteiger partial charge is 0.491 e. The number of alkyl halides is 3. The molecule has 0 aliphatic heterocycles. The Balaban J connectivity index is 1.56. The molecule has 0 amide bonds. The second kappa shape index (κ2) is 12.6. The molecule has 30 heavy (non-hydrogen) atoms. The molecule has 0 heterocycles. The number of esters is 2. The van der Waals surface area contributed by atoms with Crippen molar-refractivity contribution in [1.29, 1.82) is 0 Å². The number of carbonyl (C=O) groups excluding carboxylic acids is 2. The highest BCUT2D eigenvalue weighted by atomic mass is 19.4. The van der Waals surface area contributed by atoms with Gasteiger partial charge in [-0.15, -0.1) is 0 Å². The molecule has 1 aromatic rings. The van der Waals surface area contributed by atoms with Crippen LogP contribution in [0.25, 0.3) is 0 Å². The largest absolute Gasteiger partial charge is 0.494 e. The maximum absolute atomic E-state index is 12.0. The maximum Gasteiger partial charge on any atom is 0.491 e. The van der Waals surface area contributed by atoms with Crippen LogP contribution in [0.3, 0.4) is 0 Å². The topological polar surface area (TPSA) is 64.6 Å². The fourth-order valence-corrected chi connectivity index (χ4v) is 3.56. The number of halogens is 3. The molecule has 0 radical (unpaired) electrons. The van der Waals surface area contributed by atoms with E-state index in [-0.39, 0.29) is 13.0 Å². The predicted octanol–water partition coefficient (Wildman–Crippen LogP) is 4.58. The van der Waals surface area contributed by atoms with Gasteiger partial charge in [0.2, 0.25) is 0 Å². The molecule has 1 N–H and O–H groups in total. The second-order valence-electron chi connectivity index (χ2n) is 7.65. The molecule has 0 bridgehead atoms. The number of carbonyl (C=O) groups is 2. The summed E-state index contributed by atoms with van der Waals surface area (Å²) in [5, 5.41) is 2.96. The van der Waals surface area contributed by atoms with E-state index >= 15 is 0 Å². The van der Waals surface area contributed by atoms with Crippen LogP contribution < -0.4 is 10.1 Å². The highest BCUT2D eigenvalue weighted by Gasteiger charge is 2.42. The van der Waals surface area contributed by atoms with Crippen LogP contribution in [0.2, 0.25) is 0 Å². The summed E-state index contributed by atoms with van der Waals surface area (Å²) in [6.45, 7) is 1.48. The van der Waals surface area contributed by atoms with E-state index in [9.17, 15) is 22.8 Å². The third kappa shape index (κ3) is 9.61. The average Bonchev–Trinajstić information content (AvgIpc) is 2.71. The fraction of sp³-hybridized carbons (Fsp3) is 0.636. The van der Waals surface area contributed by atoms with Crippen LogP contribution in [0.1, 0.15) is 56.9 Å². The lowest BCUT2D eigenvalue weighted by Gasteiger charge is -2.21. The minimum Gasteiger partial charge on any atom is -0.494 e. The van der Waals surface area contributed by atoms with Gasteiger partial charge in [-0.3, -0.25) is 4.79 Å². The first-order valence-corrected chi connectivity index (χ1v) is 10.6. The Hall–Kier alpha value is -2.09. The summed E-state index contributed by atoms with van der Waals surface area (Å²) in [6.07, 6.45) is 3.90. The van der Waals surface area contributed by atoms with E-state index in [4.69, 9.17) is 4.74 Å². The summed E-state index contributed by atoms with van der Waals surface area (Å²) < 4.78 is 45.6. The Kier molecular flexibility index (Phi) is 10.1. The third-order valence-corrected chi connectivity index (χ3v) is 5.18. The average molecular weight is 429 g/mol. The van der Waals surface area contributed by atoms with Crippen LogP contribution in [0.4, 0.5) is 13.2 Å². The molecule has 1 fully saturated rings. The van der Waals surface area contributed by atoms with E-state index in [1.54, 1.807) is 0 Å². The number of hydrogen-bond acceptors (Lipinski definition) is 5. The number of ether oxygens (including phenoxy) is 2. The van der Waals surface area contributed by atoms with Crippen molar-refractivity contribution in [3.63, 3.8) is 0 Å². The first kappa shape index (κ1) is 24.2. The van der Waals surface area contributed by atoms with Crippen molar-refractivity contribution >= 4 is 11.9 Å². The molecule has 1 aliphatic carbocycles. The second-order valence-corrected chi connectivity index (χ2v) is 7.65. The molecule has 0 atom stereocenters. The monoisotopic (exact) mass is 429 g/mol. The van der Waals surface area contributed by atoms with Gasteiger partial charge in [-0.25, -0.2) is 4.79 Å². The zero-order valence-electron chi connectivity index (χ0n) is 17.1. The molecule has 168 valence electrons. The van der Waals surface area contributed by atoms with Gasteiger partial charge in [0.1, 0.15) is 5.75 Å². The van der Waals surface area contributed by atoms with Crippen molar-refractivity contribution in [2.24, 2.45) is 5.92 Å². The Bertz CT molecular complexity index is 673. The Morgan fingerprint density at radius 3 is 2.60 bits per heavy atom. The standard InChI is InChI=1S/C22H30F3NO4/c23-22(24,25)21(28)30-20(27)11-14-26-13-5-9-18-8-4-10-19(16-18)29-15-12-17-6-2-1-3-7-17/h4,8,10,16-17,26H,1-3,5-7,9,11-15H2. The van der Waals surface area contributed by atoms with Crippen LogP contribution in [0.15, 0.2) is 24.3 Å². The number of nitrogens with one attached hydrogen (secondary N) is 1. The Morgan fingerprint density at radius 1 is 1.10 bits per heavy atom. The van der Waals surface area contributed by atoms with E-state index in [0.29, 0.717) is 6.54 Å². The van der Waals surface area contributed by atoms with E-state index in [0.717, 1.165) is 43.1 Å². The summed E-state index contributed by atoms with van der Waals surface area (Å²) in [5.74, 6) is -2.01. The first-order chi connectivity index (χ1) is 14.3. The van der Waals surface area contributed by atoms with Crippen molar-refractivity contribution in [2.75, 3.05) is 19.7 Å². The van der Waals surface area contributed by atoms with E-state index in [1.807, 2.05) is 24.3 Å². The molecule has 0 unspecified atom stereocenters. The minimum absolute atomic E-state index is 0.147. The van der Waals surface area contributed by atoms with Crippen LogP contribution in [-0.4, -0.2) is 37.8 Å². The molecule has 1 saturated carbocycles. The van der Waals surface area contributed by atoms with E-state index < -0.39 is 18.1 Å². The zero-order valence-corrected chi connectivity index (χ0v) is 17.1. The van der Waals surface area contributed by atoms with Gasteiger partial charge in [0, 0.05) is 6.54 Å². The van der Waals surface area contributed by atoms with Crippen molar-refractivity contribution in [3.8, 4) is 5.75 Å².